The Labute approximate surface area is 153 Å². The van der Waals surface area contributed by atoms with Crippen molar-refractivity contribution in [3.05, 3.63) is 41.6 Å². The van der Waals surface area contributed by atoms with Gasteiger partial charge in [0, 0.05) is 44.6 Å². The van der Waals surface area contributed by atoms with Gasteiger partial charge in [0.15, 0.2) is 0 Å². The lowest BCUT2D eigenvalue weighted by molar-refractivity contribution is -0.0279. The van der Waals surface area contributed by atoms with Crippen LogP contribution in [0.2, 0.25) is 0 Å². The highest BCUT2D eigenvalue weighted by Gasteiger charge is 2.29. The summed E-state index contributed by atoms with van der Waals surface area (Å²) >= 11 is 0. The molecule has 1 unspecified atom stereocenters. The summed E-state index contributed by atoms with van der Waals surface area (Å²) in [4.78, 5) is 26.1. The van der Waals surface area contributed by atoms with Crippen molar-refractivity contribution in [2.45, 2.75) is 25.9 Å². The highest BCUT2D eigenvalue weighted by molar-refractivity contribution is 5.95. The first-order chi connectivity index (χ1) is 12.6. The summed E-state index contributed by atoms with van der Waals surface area (Å²) in [6, 6.07) is 3.72. The molecule has 0 bridgehead atoms. The molecule has 0 N–H and O–H groups in total. The average Bonchev–Trinajstić information content (AvgIpc) is 3.31. The molecule has 2 fully saturated rings. The van der Waals surface area contributed by atoms with Gasteiger partial charge < -0.3 is 19.1 Å². The SMILES string of the molecule is Cc1cn(C)c(C2CN(C(=O)c3ccnc(N4CCCC4)c3)CCO2)n1. The summed E-state index contributed by atoms with van der Waals surface area (Å²) in [6.07, 6.45) is 5.90. The van der Waals surface area contributed by atoms with Gasteiger partial charge in [0.25, 0.3) is 5.91 Å². The largest absolute Gasteiger partial charge is 0.367 e. The van der Waals surface area contributed by atoms with Crippen LogP contribution in [-0.4, -0.2) is 58.1 Å². The zero-order chi connectivity index (χ0) is 18.1. The minimum atomic E-state index is -0.189. The summed E-state index contributed by atoms with van der Waals surface area (Å²) in [5, 5.41) is 0. The molecule has 1 amide bonds. The molecule has 1 atom stereocenters. The van der Waals surface area contributed by atoms with Crippen molar-refractivity contribution >= 4 is 11.7 Å². The average molecular weight is 355 g/mol. The molecule has 0 spiro atoms. The first-order valence-corrected chi connectivity index (χ1v) is 9.23. The maximum Gasteiger partial charge on any atom is 0.254 e. The highest BCUT2D eigenvalue weighted by atomic mass is 16.5. The molecule has 2 aliphatic rings. The number of amides is 1. The molecular weight excluding hydrogens is 330 g/mol. The molecule has 7 nitrogen and oxygen atoms in total. The maximum atomic E-state index is 13.0. The second-order valence-electron chi connectivity index (χ2n) is 7.06. The smallest absolute Gasteiger partial charge is 0.254 e. The minimum Gasteiger partial charge on any atom is -0.367 e. The summed E-state index contributed by atoms with van der Waals surface area (Å²) in [7, 11) is 1.96. The van der Waals surface area contributed by atoms with Crippen LogP contribution in [0.5, 0.6) is 0 Å². The number of ether oxygens (including phenoxy) is 1. The zero-order valence-corrected chi connectivity index (χ0v) is 15.4. The van der Waals surface area contributed by atoms with Crippen molar-refractivity contribution in [2.75, 3.05) is 37.7 Å². The first-order valence-electron chi connectivity index (χ1n) is 9.23. The lowest BCUT2D eigenvalue weighted by atomic mass is 10.2. The van der Waals surface area contributed by atoms with Crippen LogP contribution < -0.4 is 4.90 Å². The van der Waals surface area contributed by atoms with E-state index in [1.807, 2.05) is 35.7 Å². The number of carbonyl (C=O) groups excluding carboxylic acids is 1. The molecule has 4 heterocycles. The Kier molecular flexibility index (Phi) is 4.63. The Morgan fingerprint density at radius 1 is 1.27 bits per heavy atom. The van der Waals surface area contributed by atoms with E-state index >= 15 is 0 Å². The van der Waals surface area contributed by atoms with Crippen LogP contribution in [0.3, 0.4) is 0 Å². The van der Waals surface area contributed by atoms with Gasteiger partial charge >= 0.3 is 0 Å². The number of rotatable bonds is 3. The fourth-order valence-electron chi connectivity index (χ4n) is 3.78. The number of aryl methyl sites for hydroxylation is 2. The van der Waals surface area contributed by atoms with E-state index in [-0.39, 0.29) is 12.0 Å². The number of nitrogens with zero attached hydrogens (tertiary/aromatic N) is 5. The second kappa shape index (κ2) is 7.07. The van der Waals surface area contributed by atoms with Crippen LogP contribution >= 0.6 is 0 Å². The maximum absolute atomic E-state index is 13.0. The number of pyridine rings is 1. The Hall–Kier alpha value is -2.41. The third-order valence-electron chi connectivity index (χ3n) is 5.10. The molecule has 0 aliphatic carbocycles. The number of imidazole rings is 1. The van der Waals surface area contributed by atoms with E-state index in [0.717, 1.165) is 30.4 Å². The Balaban J connectivity index is 1.51. The number of aromatic nitrogens is 3. The van der Waals surface area contributed by atoms with Crippen molar-refractivity contribution < 1.29 is 9.53 Å². The highest BCUT2D eigenvalue weighted by Crippen LogP contribution is 2.24. The van der Waals surface area contributed by atoms with Crippen LogP contribution in [0, 0.1) is 6.92 Å². The van der Waals surface area contributed by atoms with E-state index in [1.54, 1.807) is 12.3 Å². The summed E-state index contributed by atoms with van der Waals surface area (Å²) in [6.45, 7) is 5.63. The normalized spacial score (nSPS) is 20.6. The van der Waals surface area contributed by atoms with Crippen molar-refractivity contribution in [2.24, 2.45) is 7.05 Å². The van der Waals surface area contributed by atoms with Crippen molar-refractivity contribution in [1.29, 1.82) is 0 Å². The van der Waals surface area contributed by atoms with Crippen molar-refractivity contribution in [1.82, 2.24) is 19.4 Å². The number of hydrogen-bond acceptors (Lipinski definition) is 5. The molecule has 2 aliphatic heterocycles. The van der Waals surface area contributed by atoms with Gasteiger partial charge in [-0.15, -0.1) is 0 Å². The van der Waals surface area contributed by atoms with Gasteiger partial charge in [0.2, 0.25) is 0 Å². The quantitative estimate of drug-likeness (QED) is 0.842. The lowest BCUT2D eigenvalue weighted by Gasteiger charge is -2.32. The predicted molar refractivity (Wildman–Crippen MR) is 98.2 cm³/mol. The molecule has 0 aromatic carbocycles. The Morgan fingerprint density at radius 3 is 2.81 bits per heavy atom. The third kappa shape index (κ3) is 3.31. The fraction of sp³-hybridized carbons (Fsp3) is 0.526. The fourth-order valence-corrected chi connectivity index (χ4v) is 3.78. The predicted octanol–water partition coefficient (Wildman–Crippen LogP) is 1.94. The molecule has 2 aromatic rings. The number of anilines is 1. The van der Waals surface area contributed by atoms with Gasteiger partial charge in [-0.05, 0) is 31.9 Å². The van der Waals surface area contributed by atoms with E-state index in [9.17, 15) is 4.79 Å². The third-order valence-corrected chi connectivity index (χ3v) is 5.10. The molecule has 0 radical (unpaired) electrons. The van der Waals surface area contributed by atoms with Crippen LogP contribution in [0.1, 0.15) is 40.8 Å². The molecule has 7 heteroatoms. The van der Waals surface area contributed by atoms with Crippen molar-refractivity contribution in [3.63, 3.8) is 0 Å². The molecule has 26 heavy (non-hydrogen) atoms. The molecular formula is C19H25N5O2. The standard InChI is InChI=1S/C19H25N5O2/c1-14-12-22(2)18(21-14)16-13-24(9-10-26-16)19(25)15-5-6-20-17(11-15)23-7-3-4-8-23/h5-6,11-12,16H,3-4,7-10,13H2,1-2H3. The van der Waals surface area contributed by atoms with Crippen LogP contribution in [-0.2, 0) is 11.8 Å². The molecule has 4 rings (SSSR count). The zero-order valence-electron chi connectivity index (χ0n) is 15.4. The number of carbonyl (C=O) groups is 1. The van der Waals surface area contributed by atoms with Crippen molar-refractivity contribution in [3.8, 4) is 0 Å². The topological polar surface area (TPSA) is 63.5 Å². The van der Waals surface area contributed by atoms with E-state index in [4.69, 9.17) is 4.74 Å². The lowest BCUT2D eigenvalue weighted by Crippen LogP contribution is -2.43. The first kappa shape index (κ1) is 17.0. The van der Waals surface area contributed by atoms with Gasteiger partial charge in [0.05, 0.1) is 18.8 Å². The number of morpholine rings is 1. The van der Waals surface area contributed by atoms with Gasteiger partial charge in [0.1, 0.15) is 17.7 Å². The summed E-state index contributed by atoms with van der Waals surface area (Å²) in [5.74, 6) is 1.80. The van der Waals surface area contributed by atoms with Gasteiger partial charge in [-0.2, -0.15) is 0 Å². The van der Waals surface area contributed by atoms with Crippen LogP contribution in [0.25, 0.3) is 0 Å². The van der Waals surface area contributed by atoms with E-state index in [1.165, 1.54) is 12.8 Å². The minimum absolute atomic E-state index is 0.0343. The Morgan fingerprint density at radius 2 is 2.08 bits per heavy atom. The van der Waals surface area contributed by atoms with Gasteiger partial charge in [-0.3, -0.25) is 4.79 Å². The van der Waals surface area contributed by atoms with E-state index in [0.29, 0.717) is 25.3 Å². The summed E-state index contributed by atoms with van der Waals surface area (Å²) in [5.41, 5.74) is 1.65. The molecule has 2 aromatic heterocycles. The van der Waals surface area contributed by atoms with Crippen LogP contribution in [0.15, 0.2) is 24.5 Å². The molecule has 2 saturated heterocycles. The Bertz CT molecular complexity index is 797. The summed E-state index contributed by atoms with van der Waals surface area (Å²) < 4.78 is 7.86. The number of hydrogen-bond donors (Lipinski definition) is 0. The monoisotopic (exact) mass is 355 g/mol. The molecule has 138 valence electrons. The second-order valence-corrected chi connectivity index (χ2v) is 7.06. The van der Waals surface area contributed by atoms with Gasteiger partial charge in [-0.1, -0.05) is 0 Å². The van der Waals surface area contributed by atoms with E-state index < -0.39 is 0 Å². The van der Waals surface area contributed by atoms with E-state index in [2.05, 4.69) is 14.9 Å². The van der Waals surface area contributed by atoms with Gasteiger partial charge in [-0.25, -0.2) is 9.97 Å². The van der Waals surface area contributed by atoms with Crippen LogP contribution in [0.4, 0.5) is 5.82 Å². The molecule has 0 saturated carbocycles.